The summed E-state index contributed by atoms with van der Waals surface area (Å²) in [4.78, 5) is 0. The highest BCUT2D eigenvalue weighted by Gasteiger charge is 2.50. The topological polar surface area (TPSA) is 55.5 Å². The molecule has 0 spiro atoms. The molecule has 3 nitrogen and oxygen atoms in total. The standard InChI is InChI=1S/C17H25NO2/c18-13-16(17(19)7-3-10-20-11-9-17)8-6-14-4-1-2-5-15(14)12-16/h1-2,4-5,19H,3,6-13,18H2. The van der Waals surface area contributed by atoms with Crippen LogP contribution in [0.4, 0.5) is 0 Å². The quantitative estimate of drug-likeness (QED) is 0.868. The fraction of sp³-hybridized carbons (Fsp3) is 0.647. The largest absolute Gasteiger partial charge is 0.389 e. The molecule has 2 unspecified atom stereocenters. The van der Waals surface area contributed by atoms with Gasteiger partial charge in [0.15, 0.2) is 0 Å². The Morgan fingerprint density at radius 2 is 1.90 bits per heavy atom. The van der Waals surface area contributed by atoms with Gasteiger partial charge in [-0.25, -0.2) is 0 Å². The van der Waals surface area contributed by atoms with E-state index < -0.39 is 5.60 Å². The zero-order chi connectivity index (χ0) is 14.1. The number of fused-ring (bicyclic) bond motifs is 1. The van der Waals surface area contributed by atoms with Crippen molar-refractivity contribution in [2.24, 2.45) is 11.1 Å². The maximum Gasteiger partial charge on any atom is 0.0741 e. The van der Waals surface area contributed by atoms with Crippen LogP contribution in [0.25, 0.3) is 0 Å². The SMILES string of the molecule is NCC1(C2(O)CCCOCC2)CCc2ccccc2C1. The average molecular weight is 275 g/mol. The van der Waals surface area contributed by atoms with E-state index in [1.807, 2.05) is 0 Å². The van der Waals surface area contributed by atoms with Crippen LogP contribution < -0.4 is 5.73 Å². The summed E-state index contributed by atoms with van der Waals surface area (Å²) >= 11 is 0. The Balaban J connectivity index is 1.92. The minimum atomic E-state index is -0.675. The summed E-state index contributed by atoms with van der Waals surface area (Å²) in [5, 5.41) is 11.3. The van der Waals surface area contributed by atoms with Gasteiger partial charge in [-0.1, -0.05) is 24.3 Å². The monoisotopic (exact) mass is 275 g/mol. The predicted molar refractivity (Wildman–Crippen MR) is 79.6 cm³/mol. The molecular formula is C17H25NO2. The molecule has 0 amide bonds. The smallest absolute Gasteiger partial charge is 0.0741 e. The molecule has 0 aromatic heterocycles. The number of nitrogens with two attached hydrogens (primary N) is 1. The Hall–Kier alpha value is -0.900. The van der Waals surface area contributed by atoms with Gasteiger partial charge >= 0.3 is 0 Å². The molecule has 1 aliphatic carbocycles. The van der Waals surface area contributed by atoms with Crippen LogP contribution in [0.15, 0.2) is 24.3 Å². The van der Waals surface area contributed by atoms with Gasteiger partial charge in [0, 0.05) is 31.6 Å². The van der Waals surface area contributed by atoms with Gasteiger partial charge in [-0.3, -0.25) is 0 Å². The van der Waals surface area contributed by atoms with Crippen LogP contribution >= 0.6 is 0 Å². The molecule has 1 heterocycles. The second-order valence-electron chi connectivity index (χ2n) is 6.43. The lowest BCUT2D eigenvalue weighted by Gasteiger charge is -2.49. The first-order valence-electron chi connectivity index (χ1n) is 7.76. The number of ether oxygens (including phenoxy) is 1. The second kappa shape index (κ2) is 5.47. The first-order valence-corrected chi connectivity index (χ1v) is 7.76. The van der Waals surface area contributed by atoms with E-state index in [1.54, 1.807) is 0 Å². The van der Waals surface area contributed by atoms with Gasteiger partial charge in [0.05, 0.1) is 5.60 Å². The van der Waals surface area contributed by atoms with Crippen LogP contribution in [0.5, 0.6) is 0 Å². The Morgan fingerprint density at radius 3 is 2.70 bits per heavy atom. The average Bonchev–Trinajstić information content (AvgIpc) is 2.72. The van der Waals surface area contributed by atoms with Gasteiger partial charge in [-0.05, 0) is 43.2 Å². The van der Waals surface area contributed by atoms with E-state index in [2.05, 4.69) is 24.3 Å². The van der Waals surface area contributed by atoms with Crippen molar-refractivity contribution in [1.29, 1.82) is 0 Å². The molecule has 1 aromatic rings. The fourth-order valence-corrected chi connectivity index (χ4v) is 4.03. The normalized spacial score (nSPS) is 34.3. The zero-order valence-electron chi connectivity index (χ0n) is 12.1. The molecule has 1 saturated heterocycles. The van der Waals surface area contributed by atoms with E-state index in [0.717, 1.165) is 38.7 Å². The van der Waals surface area contributed by atoms with Gasteiger partial charge in [0.1, 0.15) is 0 Å². The molecule has 0 radical (unpaired) electrons. The lowest BCUT2D eigenvalue weighted by atomic mass is 9.59. The Kier molecular flexibility index (Phi) is 3.85. The van der Waals surface area contributed by atoms with Crippen LogP contribution in [0.2, 0.25) is 0 Å². The van der Waals surface area contributed by atoms with Gasteiger partial charge in [-0.2, -0.15) is 0 Å². The summed E-state index contributed by atoms with van der Waals surface area (Å²) in [6.45, 7) is 1.97. The molecule has 20 heavy (non-hydrogen) atoms. The molecular weight excluding hydrogens is 250 g/mol. The number of aliphatic hydroxyl groups is 1. The Bertz CT molecular complexity index is 466. The summed E-state index contributed by atoms with van der Waals surface area (Å²) in [6.07, 6.45) is 5.36. The zero-order valence-corrected chi connectivity index (χ0v) is 12.1. The van der Waals surface area contributed by atoms with Crippen molar-refractivity contribution < 1.29 is 9.84 Å². The third kappa shape index (κ3) is 2.28. The molecule has 3 heteroatoms. The minimum absolute atomic E-state index is 0.185. The molecule has 1 aliphatic heterocycles. The van der Waals surface area contributed by atoms with Crippen LogP contribution in [-0.2, 0) is 17.6 Å². The maximum absolute atomic E-state index is 11.3. The van der Waals surface area contributed by atoms with Crippen molar-refractivity contribution in [2.45, 2.75) is 44.1 Å². The maximum atomic E-state index is 11.3. The van der Waals surface area contributed by atoms with Crippen molar-refractivity contribution in [3.05, 3.63) is 35.4 Å². The van der Waals surface area contributed by atoms with Crippen LogP contribution in [0.1, 0.15) is 36.8 Å². The Labute approximate surface area is 121 Å². The molecule has 3 N–H and O–H groups in total. The molecule has 110 valence electrons. The van der Waals surface area contributed by atoms with Crippen molar-refractivity contribution in [3.8, 4) is 0 Å². The van der Waals surface area contributed by atoms with Crippen LogP contribution in [-0.4, -0.2) is 30.5 Å². The highest BCUT2D eigenvalue weighted by Crippen LogP contribution is 2.47. The third-order valence-corrected chi connectivity index (χ3v) is 5.44. The summed E-state index contributed by atoms with van der Waals surface area (Å²) in [6, 6.07) is 8.58. The number of hydrogen-bond donors (Lipinski definition) is 2. The number of aryl methyl sites for hydroxylation is 1. The third-order valence-electron chi connectivity index (χ3n) is 5.44. The molecule has 0 bridgehead atoms. The molecule has 0 saturated carbocycles. The fourth-order valence-electron chi connectivity index (χ4n) is 4.03. The molecule has 2 aliphatic rings. The Morgan fingerprint density at radius 1 is 1.10 bits per heavy atom. The lowest BCUT2D eigenvalue weighted by Crippen LogP contribution is -2.55. The van der Waals surface area contributed by atoms with Crippen molar-refractivity contribution in [2.75, 3.05) is 19.8 Å². The predicted octanol–water partition coefficient (Wildman–Crippen LogP) is 2.05. The van der Waals surface area contributed by atoms with Gasteiger partial charge < -0.3 is 15.6 Å². The first-order chi connectivity index (χ1) is 9.69. The summed E-state index contributed by atoms with van der Waals surface area (Å²) < 4.78 is 5.54. The van der Waals surface area contributed by atoms with Crippen LogP contribution in [0.3, 0.4) is 0 Å². The first kappa shape index (κ1) is 14.1. The van der Waals surface area contributed by atoms with Crippen molar-refractivity contribution in [3.63, 3.8) is 0 Å². The van der Waals surface area contributed by atoms with Gasteiger partial charge in [-0.15, -0.1) is 0 Å². The van der Waals surface area contributed by atoms with Crippen molar-refractivity contribution >= 4 is 0 Å². The summed E-state index contributed by atoms with van der Waals surface area (Å²) in [7, 11) is 0. The summed E-state index contributed by atoms with van der Waals surface area (Å²) in [5.74, 6) is 0. The van der Waals surface area contributed by atoms with Gasteiger partial charge in [0.25, 0.3) is 0 Å². The van der Waals surface area contributed by atoms with E-state index in [-0.39, 0.29) is 5.41 Å². The van der Waals surface area contributed by atoms with E-state index in [0.29, 0.717) is 19.6 Å². The molecule has 3 rings (SSSR count). The van der Waals surface area contributed by atoms with Gasteiger partial charge in [0.2, 0.25) is 0 Å². The van der Waals surface area contributed by atoms with Crippen LogP contribution in [0, 0.1) is 5.41 Å². The highest BCUT2D eigenvalue weighted by atomic mass is 16.5. The summed E-state index contributed by atoms with van der Waals surface area (Å²) in [5.41, 5.74) is 8.09. The number of benzene rings is 1. The highest BCUT2D eigenvalue weighted by molar-refractivity contribution is 5.32. The second-order valence-corrected chi connectivity index (χ2v) is 6.43. The van der Waals surface area contributed by atoms with E-state index in [1.165, 1.54) is 11.1 Å². The molecule has 1 aromatic carbocycles. The van der Waals surface area contributed by atoms with E-state index in [4.69, 9.17) is 10.5 Å². The molecule has 2 atom stereocenters. The van der Waals surface area contributed by atoms with E-state index in [9.17, 15) is 5.11 Å². The number of rotatable bonds is 2. The van der Waals surface area contributed by atoms with Crippen molar-refractivity contribution in [1.82, 2.24) is 0 Å². The lowest BCUT2D eigenvalue weighted by molar-refractivity contribution is -0.100. The van der Waals surface area contributed by atoms with E-state index >= 15 is 0 Å². The minimum Gasteiger partial charge on any atom is -0.389 e. The number of hydrogen-bond acceptors (Lipinski definition) is 3. The molecule has 1 fully saturated rings.